The molecule has 3 atom stereocenters. The minimum absolute atomic E-state index is 0.238. The Labute approximate surface area is 101 Å². The van der Waals surface area contributed by atoms with E-state index in [4.69, 9.17) is 9.26 Å². The molecule has 17 heavy (non-hydrogen) atoms. The Morgan fingerprint density at radius 2 is 2.29 bits per heavy atom. The van der Waals surface area contributed by atoms with Crippen molar-refractivity contribution in [2.75, 3.05) is 19.8 Å². The van der Waals surface area contributed by atoms with Crippen molar-refractivity contribution in [2.24, 2.45) is 5.92 Å². The Bertz CT molecular complexity index is 374. The smallest absolute Gasteiger partial charge is 0.243 e. The van der Waals surface area contributed by atoms with Crippen molar-refractivity contribution in [1.29, 1.82) is 0 Å². The van der Waals surface area contributed by atoms with Gasteiger partial charge in [-0.3, -0.25) is 0 Å². The molecule has 2 aliphatic heterocycles. The maximum absolute atomic E-state index is 5.39. The number of nitrogens with zero attached hydrogens (tertiary/aromatic N) is 2. The fourth-order valence-electron chi connectivity index (χ4n) is 2.59. The molecular weight excluding hydrogens is 218 g/mol. The molecule has 3 rings (SSSR count). The van der Waals surface area contributed by atoms with Gasteiger partial charge in [0.05, 0.1) is 12.6 Å². The maximum atomic E-state index is 5.39. The van der Waals surface area contributed by atoms with E-state index in [0.717, 1.165) is 50.2 Å². The van der Waals surface area contributed by atoms with Gasteiger partial charge in [0.2, 0.25) is 5.89 Å². The lowest BCUT2D eigenvalue weighted by Gasteiger charge is -2.25. The Balaban J connectivity index is 1.70. The second-order valence-electron chi connectivity index (χ2n) is 5.19. The number of piperidine rings is 1. The highest BCUT2D eigenvalue weighted by Gasteiger charge is 2.28. The van der Waals surface area contributed by atoms with Crippen LogP contribution in [-0.4, -0.2) is 29.9 Å². The SMILES string of the molecule is CC1CCNC(c2nc(C3CCOC3)no2)C1. The Kier molecular flexibility index (Phi) is 3.11. The monoisotopic (exact) mass is 237 g/mol. The van der Waals surface area contributed by atoms with E-state index in [1.807, 2.05) is 0 Å². The summed E-state index contributed by atoms with van der Waals surface area (Å²) in [6, 6.07) is 0.238. The fraction of sp³-hybridized carbons (Fsp3) is 0.833. The highest BCUT2D eigenvalue weighted by molar-refractivity contribution is 5.01. The van der Waals surface area contributed by atoms with Gasteiger partial charge in [0.15, 0.2) is 5.82 Å². The number of ether oxygens (including phenoxy) is 1. The van der Waals surface area contributed by atoms with Crippen molar-refractivity contribution in [3.63, 3.8) is 0 Å². The van der Waals surface area contributed by atoms with Crippen LogP contribution in [0.5, 0.6) is 0 Å². The van der Waals surface area contributed by atoms with E-state index in [1.54, 1.807) is 0 Å². The van der Waals surface area contributed by atoms with Crippen LogP contribution in [0, 0.1) is 5.92 Å². The van der Waals surface area contributed by atoms with Crippen LogP contribution in [0.15, 0.2) is 4.52 Å². The number of aromatic nitrogens is 2. The number of hydrogen-bond acceptors (Lipinski definition) is 5. The second-order valence-corrected chi connectivity index (χ2v) is 5.19. The lowest BCUT2D eigenvalue weighted by Crippen LogP contribution is -2.31. The quantitative estimate of drug-likeness (QED) is 0.847. The molecule has 3 unspecified atom stereocenters. The van der Waals surface area contributed by atoms with Crippen LogP contribution in [0.4, 0.5) is 0 Å². The largest absolute Gasteiger partial charge is 0.381 e. The average molecular weight is 237 g/mol. The van der Waals surface area contributed by atoms with Gasteiger partial charge in [-0.15, -0.1) is 0 Å². The van der Waals surface area contributed by atoms with Crippen LogP contribution in [-0.2, 0) is 4.74 Å². The van der Waals surface area contributed by atoms with Gasteiger partial charge in [0, 0.05) is 12.5 Å². The van der Waals surface area contributed by atoms with Gasteiger partial charge in [0.25, 0.3) is 0 Å². The van der Waals surface area contributed by atoms with E-state index in [0.29, 0.717) is 5.92 Å². The molecule has 5 nitrogen and oxygen atoms in total. The molecule has 1 N–H and O–H groups in total. The van der Waals surface area contributed by atoms with Crippen LogP contribution in [0.3, 0.4) is 0 Å². The maximum Gasteiger partial charge on any atom is 0.243 e. The molecule has 2 aliphatic rings. The molecule has 1 aromatic rings. The molecule has 3 heterocycles. The Hall–Kier alpha value is -0.940. The molecule has 0 aromatic carbocycles. The summed E-state index contributed by atoms with van der Waals surface area (Å²) in [5.74, 6) is 2.62. The lowest BCUT2D eigenvalue weighted by atomic mass is 9.94. The van der Waals surface area contributed by atoms with Crippen molar-refractivity contribution in [2.45, 2.75) is 38.1 Å². The number of rotatable bonds is 2. The topological polar surface area (TPSA) is 60.2 Å². The average Bonchev–Trinajstić information content (AvgIpc) is 3.00. The number of nitrogens with one attached hydrogen (secondary N) is 1. The van der Waals surface area contributed by atoms with E-state index in [-0.39, 0.29) is 6.04 Å². The van der Waals surface area contributed by atoms with E-state index in [1.165, 1.54) is 6.42 Å². The zero-order chi connectivity index (χ0) is 11.7. The van der Waals surface area contributed by atoms with Crippen molar-refractivity contribution in [1.82, 2.24) is 15.5 Å². The molecule has 2 saturated heterocycles. The summed E-state index contributed by atoms with van der Waals surface area (Å²) in [6.07, 6.45) is 3.32. The van der Waals surface area contributed by atoms with E-state index >= 15 is 0 Å². The third kappa shape index (κ3) is 2.35. The summed E-state index contributed by atoms with van der Waals surface area (Å²) >= 11 is 0. The highest BCUT2D eigenvalue weighted by Crippen LogP contribution is 2.28. The molecule has 5 heteroatoms. The van der Waals surface area contributed by atoms with Crippen LogP contribution in [0.1, 0.15) is 49.9 Å². The lowest BCUT2D eigenvalue weighted by molar-refractivity contribution is 0.192. The Morgan fingerprint density at radius 1 is 1.35 bits per heavy atom. The summed E-state index contributed by atoms with van der Waals surface area (Å²) in [5.41, 5.74) is 0. The van der Waals surface area contributed by atoms with Crippen LogP contribution in [0.25, 0.3) is 0 Å². The van der Waals surface area contributed by atoms with Crippen LogP contribution >= 0.6 is 0 Å². The summed E-state index contributed by atoms with van der Waals surface area (Å²) in [5, 5.41) is 7.53. The first kappa shape index (κ1) is 11.2. The molecular formula is C12H19N3O2. The molecule has 94 valence electrons. The van der Waals surface area contributed by atoms with E-state index in [9.17, 15) is 0 Å². The summed E-state index contributed by atoms with van der Waals surface area (Å²) < 4.78 is 10.7. The van der Waals surface area contributed by atoms with Crippen molar-refractivity contribution in [3.8, 4) is 0 Å². The summed E-state index contributed by atoms with van der Waals surface area (Å²) in [6.45, 7) is 4.85. The van der Waals surface area contributed by atoms with Crippen LogP contribution < -0.4 is 5.32 Å². The van der Waals surface area contributed by atoms with Crippen molar-refractivity contribution < 1.29 is 9.26 Å². The molecule has 0 spiro atoms. The minimum Gasteiger partial charge on any atom is -0.381 e. The zero-order valence-corrected chi connectivity index (χ0v) is 10.2. The van der Waals surface area contributed by atoms with Crippen molar-refractivity contribution >= 4 is 0 Å². The molecule has 0 saturated carbocycles. The standard InChI is InChI=1S/C12H19N3O2/c1-8-2-4-13-10(6-8)12-14-11(15-17-12)9-3-5-16-7-9/h8-10,13H,2-7H2,1H3. The van der Waals surface area contributed by atoms with Gasteiger partial charge >= 0.3 is 0 Å². The fourth-order valence-corrected chi connectivity index (χ4v) is 2.59. The van der Waals surface area contributed by atoms with E-state index in [2.05, 4.69) is 22.4 Å². The molecule has 0 radical (unpaired) electrons. The zero-order valence-electron chi connectivity index (χ0n) is 10.2. The van der Waals surface area contributed by atoms with E-state index < -0.39 is 0 Å². The van der Waals surface area contributed by atoms with Gasteiger partial charge in [-0.05, 0) is 31.7 Å². The van der Waals surface area contributed by atoms with Gasteiger partial charge < -0.3 is 14.6 Å². The molecule has 2 fully saturated rings. The van der Waals surface area contributed by atoms with Gasteiger partial charge in [-0.1, -0.05) is 12.1 Å². The number of hydrogen-bond donors (Lipinski definition) is 1. The molecule has 0 bridgehead atoms. The van der Waals surface area contributed by atoms with Gasteiger partial charge in [-0.25, -0.2) is 0 Å². The van der Waals surface area contributed by atoms with Gasteiger partial charge in [-0.2, -0.15) is 4.98 Å². The highest BCUT2D eigenvalue weighted by atomic mass is 16.5. The third-order valence-corrected chi connectivity index (χ3v) is 3.72. The predicted octanol–water partition coefficient (Wildman–Crippen LogP) is 1.63. The van der Waals surface area contributed by atoms with Crippen molar-refractivity contribution in [3.05, 3.63) is 11.7 Å². The first-order chi connectivity index (χ1) is 8.33. The first-order valence-electron chi connectivity index (χ1n) is 6.47. The second kappa shape index (κ2) is 4.74. The van der Waals surface area contributed by atoms with Gasteiger partial charge in [0.1, 0.15) is 0 Å². The molecule has 0 aliphatic carbocycles. The predicted molar refractivity (Wildman–Crippen MR) is 61.6 cm³/mol. The van der Waals surface area contributed by atoms with Crippen LogP contribution in [0.2, 0.25) is 0 Å². The third-order valence-electron chi connectivity index (χ3n) is 3.72. The first-order valence-corrected chi connectivity index (χ1v) is 6.47. The summed E-state index contributed by atoms with van der Waals surface area (Å²) in [7, 11) is 0. The Morgan fingerprint density at radius 3 is 3.06 bits per heavy atom. The normalized spacial score (nSPS) is 34.1. The molecule has 0 amide bonds. The summed E-state index contributed by atoms with van der Waals surface area (Å²) in [4.78, 5) is 4.53. The molecule has 1 aromatic heterocycles. The minimum atomic E-state index is 0.238.